The maximum Gasteiger partial charge on any atom is 0.410 e. The summed E-state index contributed by atoms with van der Waals surface area (Å²) in [5.74, 6) is 0.647. The summed E-state index contributed by atoms with van der Waals surface area (Å²) >= 11 is 0. The SMILES string of the molecule is Cn1cc(-c2nc(-c3ccccc3)nc3c2CCN(C(=O)OC(C)(C)C)C3)cn1. The van der Waals surface area contributed by atoms with Gasteiger partial charge in [0.1, 0.15) is 5.60 Å². The first-order chi connectivity index (χ1) is 13.8. The van der Waals surface area contributed by atoms with Gasteiger partial charge in [0.05, 0.1) is 24.1 Å². The Labute approximate surface area is 170 Å². The Balaban J connectivity index is 1.76. The Morgan fingerprint density at radius 1 is 1.10 bits per heavy atom. The van der Waals surface area contributed by atoms with Gasteiger partial charge in [0.2, 0.25) is 0 Å². The minimum Gasteiger partial charge on any atom is -0.444 e. The van der Waals surface area contributed by atoms with E-state index in [0.29, 0.717) is 25.3 Å². The van der Waals surface area contributed by atoms with E-state index in [1.807, 2.05) is 70.5 Å². The first-order valence-electron chi connectivity index (χ1n) is 9.72. The third-order valence-electron chi connectivity index (χ3n) is 4.73. The zero-order valence-corrected chi connectivity index (χ0v) is 17.2. The summed E-state index contributed by atoms with van der Waals surface area (Å²) in [6, 6.07) is 9.88. The Kier molecular flexibility index (Phi) is 4.82. The Hall–Kier alpha value is -3.22. The van der Waals surface area contributed by atoms with E-state index >= 15 is 0 Å². The number of fused-ring (bicyclic) bond motifs is 1. The van der Waals surface area contributed by atoms with Crippen molar-refractivity contribution in [1.29, 1.82) is 0 Å². The van der Waals surface area contributed by atoms with E-state index in [4.69, 9.17) is 14.7 Å². The van der Waals surface area contributed by atoms with E-state index in [2.05, 4.69) is 5.10 Å². The highest BCUT2D eigenvalue weighted by Gasteiger charge is 2.29. The van der Waals surface area contributed by atoms with Crippen molar-refractivity contribution in [2.45, 2.75) is 39.3 Å². The molecule has 7 heteroatoms. The first kappa shape index (κ1) is 19.1. The molecular formula is C22H25N5O2. The second-order valence-electron chi connectivity index (χ2n) is 8.24. The fraction of sp³-hybridized carbons (Fsp3) is 0.364. The molecule has 150 valence electrons. The molecule has 1 aliphatic heterocycles. The minimum atomic E-state index is -0.529. The number of ether oxygens (including phenoxy) is 1. The van der Waals surface area contributed by atoms with Crippen LogP contribution in [0.4, 0.5) is 4.79 Å². The van der Waals surface area contributed by atoms with Crippen LogP contribution in [0.5, 0.6) is 0 Å². The molecular weight excluding hydrogens is 366 g/mol. The molecule has 3 heterocycles. The van der Waals surface area contributed by atoms with Crippen molar-refractivity contribution in [3.63, 3.8) is 0 Å². The predicted octanol–water partition coefficient (Wildman–Crippen LogP) is 3.84. The third-order valence-corrected chi connectivity index (χ3v) is 4.73. The lowest BCUT2D eigenvalue weighted by molar-refractivity contribution is 0.0221. The number of nitrogens with zero attached hydrogens (tertiary/aromatic N) is 5. The van der Waals surface area contributed by atoms with Gasteiger partial charge in [0, 0.05) is 36.5 Å². The number of amides is 1. The van der Waals surface area contributed by atoms with Crippen LogP contribution >= 0.6 is 0 Å². The van der Waals surface area contributed by atoms with Gasteiger partial charge in [-0.05, 0) is 27.2 Å². The lowest BCUT2D eigenvalue weighted by atomic mass is 9.99. The molecule has 0 N–H and O–H groups in total. The van der Waals surface area contributed by atoms with Gasteiger partial charge in [0.25, 0.3) is 0 Å². The molecule has 0 fully saturated rings. The van der Waals surface area contributed by atoms with E-state index < -0.39 is 5.60 Å². The van der Waals surface area contributed by atoms with Crippen LogP contribution in [0.3, 0.4) is 0 Å². The van der Waals surface area contributed by atoms with Crippen molar-refractivity contribution in [2.24, 2.45) is 7.05 Å². The molecule has 4 rings (SSSR count). The van der Waals surface area contributed by atoms with Crippen molar-refractivity contribution < 1.29 is 9.53 Å². The average Bonchev–Trinajstić information content (AvgIpc) is 3.12. The molecule has 7 nitrogen and oxygen atoms in total. The van der Waals surface area contributed by atoms with Crippen molar-refractivity contribution in [1.82, 2.24) is 24.6 Å². The normalized spacial score (nSPS) is 13.9. The van der Waals surface area contributed by atoms with Gasteiger partial charge in [-0.1, -0.05) is 30.3 Å². The summed E-state index contributed by atoms with van der Waals surface area (Å²) in [5, 5.41) is 4.30. The fourth-order valence-electron chi connectivity index (χ4n) is 3.41. The van der Waals surface area contributed by atoms with Crippen molar-refractivity contribution in [3.8, 4) is 22.6 Å². The zero-order valence-electron chi connectivity index (χ0n) is 17.2. The maximum absolute atomic E-state index is 12.6. The lowest BCUT2D eigenvalue weighted by Crippen LogP contribution is -2.40. The number of aromatic nitrogens is 4. The Morgan fingerprint density at radius 2 is 1.86 bits per heavy atom. The molecule has 1 aromatic carbocycles. The standard InChI is InChI=1S/C22H25N5O2/c1-22(2,3)29-21(28)27-11-10-17-18(14-27)24-20(15-8-6-5-7-9-15)25-19(17)16-12-23-26(4)13-16/h5-9,12-13H,10-11,14H2,1-4H3. The van der Waals surface area contributed by atoms with Gasteiger partial charge in [0.15, 0.2) is 5.82 Å². The molecule has 1 aliphatic rings. The molecule has 0 atom stereocenters. The van der Waals surface area contributed by atoms with E-state index in [-0.39, 0.29) is 6.09 Å². The number of carbonyl (C=O) groups is 1. The number of carbonyl (C=O) groups excluding carboxylic acids is 1. The summed E-state index contributed by atoms with van der Waals surface area (Å²) in [7, 11) is 1.89. The fourth-order valence-corrected chi connectivity index (χ4v) is 3.41. The molecule has 3 aromatic rings. The molecule has 29 heavy (non-hydrogen) atoms. The highest BCUT2D eigenvalue weighted by Crippen LogP contribution is 2.30. The topological polar surface area (TPSA) is 73.1 Å². The Morgan fingerprint density at radius 3 is 2.52 bits per heavy atom. The summed E-state index contributed by atoms with van der Waals surface area (Å²) < 4.78 is 7.32. The monoisotopic (exact) mass is 391 g/mol. The average molecular weight is 391 g/mol. The quantitative estimate of drug-likeness (QED) is 0.664. The van der Waals surface area contributed by atoms with Gasteiger partial charge < -0.3 is 9.64 Å². The molecule has 1 amide bonds. The molecule has 0 unspecified atom stereocenters. The first-order valence-corrected chi connectivity index (χ1v) is 9.72. The second kappa shape index (κ2) is 7.31. The number of hydrogen-bond acceptors (Lipinski definition) is 5. The summed E-state index contributed by atoms with van der Waals surface area (Å²) in [5.41, 5.74) is 4.17. The highest BCUT2D eigenvalue weighted by atomic mass is 16.6. The predicted molar refractivity (Wildman–Crippen MR) is 110 cm³/mol. The number of aryl methyl sites for hydroxylation is 1. The maximum atomic E-state index is 12.6. The van der Waals surface area contributed by atoms with E-state index in [0.717, 1.165) is 28.1 Å². The van der Waals surface area contributed by atoms with E-state index in [1.165, 1.54) is 0 Å². The highest BCUT2D eigenvalue weighted by molar-refractivity contribution is 5.71. The van der Waals surface area contributed by atoms with Crippen LogP contribution < -0.4 is 0 Å². The van der Waals surface area contributed by atoms with Crippen molar-refractivity contribution >= 4 is 6.09 Å². The van der Waals surface area contributed by atoms with Crippen LogP contribution in [0.2, 0.25) is 0 Å². The minimum absolute atomic E-state index is 0.314. The van der Waals surface area contributed by atoms with Gasteiger partial charge >= 0.3 is 6.09 Å². The molecule has 0 spiro atoms. The van der Waals surface area contributed by atoms with Crippen molar-refractivity contribution in [2.75, 3.05) is 6.54 Å². The van der Waals surface area contributed by atoms with Gasteiger partial charge in [-0.15, -0.1) is 0 Å². The number of rotatable bonds is 2. The second-order valence-corrected chi connectivity index (χ2v) is 8.24. The number of hydrogen-bond donors (Lipinski definition) is 0. The summed E-state index contributed by atoms with van der Waals surface area (Å²) in [6.45, 7) is 6.60. The smallest absolute Gasteiger partial charge is 0.410 e. The van der Waals surface area contributed by atoms with E-state index in [9.17, 15) is 4.79 Å². The van der Waals surface area contributed by atoms with Gasteiger partial charge in [-0.3, -0.25) is 4.68 Å². The molecule has 2 aromatic heterocycles. The molecule has 0 aliphatic carbocycles. The van der Waals surface area contributed by atoms with Crippen LogP contribution in [0, 0.1) is 0 Å². The van der Waals surface area contributed by atoms with Crippen LogP contribution in [0.25, 0.3) is 22.6 Å². The van der Waals surface area contributed by atoms with Gasteiger partial charge in [-0.25, -0.2) is 14.8 Å². The van der Waals surface area contributed by atoms with Crippen molar-refractivity contribution in [3.05, 3.63) is 54.0 Å². The van der Waals surface area contributed by atoms with Gasteiger partial charge in [-0.2, -0.15) is 5.10 Å². The lowest BCUT2D eigenvalue weighted by Gasteiger charge is -2.31. The largest absolute Gasteiger partial charge is 0.444 e. The summed E-state index contributed by atoms with van der Waals surface area (Å²) in [4.78, 5) is 24.0. The molecule has 0 saturated heterocycles. The van der Waals surface area contributed by atoms with Crippen LogP contribution in [0.15, 0.2) is 42.7 Å². The van der Waals surface area contributed by atoms with Crippen LogP contribution in [-0.4, -0.2) is 42.9 Å². The molecule has 0 radical (unpaired) electrons. The zero-order chi connectivity index (χ0) is 20.6. The third kappa shape index (κ3) is 4.13. The summed E-state index contributed by atoms with van der Waals surface area (Å²) in [6.07, 6.45) is 4.13. The van der Waals surface area contributed by atoms with Crippen LogP contribution in [0.1, 0.15) is 32.0 Å². The van der Waals surface area contributed by atoms with E-state index in [1.54, 1.807) is 9.58 Å². The molecule has 0 saturated carbocycles. The Bertz CT molecular complexity index is 1040. The van der Waals surface area contributed by atoms with Crippen LogP contribution in [-0.2, 0) is 24.8 Å². The number of benzene rings is 1. The molecule has 0 bridgehead atoms.